The lowest BCUT2D eigenvalue weighted by Gasteiger charge is -2.39. The molecule has 2 aliphatic rings. The zero-order valence-corrected chi connectivity index (χ0v) is 20.0. The molecule has 194 valence electrons. The number of esters is 5. The lowest BCUT2D eigenvalue weighted by molar-refractivity contribution is -0.538. The van der Waals surface area contributed by atoms with Crippen LogP contribution in [0.1, 0.15) is 41.0 Å². The van der Waals surface area contributed by atoms with Crippen LogP contribution in [-0.4, -0.2) is 71.8 Å². The molecule has 2 bridgehead atoms. The Bertz CT molecular complexity index is 899. The minimum absolute atomic E-state index is 0.392. The largest absolute Gasteiger partial charge is 0.462 e. The van der Waals surface area contributed by atoms with Crippen molar-refractivity contribution in [1.82, 2.24) is 0 Å². The fourth-order valence-electron chi connectivity index (χ4n) is 4.79. The van der Waals surface area contributed by atoms with E-state index >= 15 is 0 Å². The maximum Gasteiger partial charge on any atom is 0.303 e. The molecule has 1 fully saturated rings. The molecular formula is C22H29NO12. The molecule has 35 heavy (non-hydrogen) atoms. The van der Waals surface area contributed by atoms with E-state index in [0.29, 0.717) is 6.42 Å². The van der Waals surface area contributed by atoms with Crippen molar-refractivity contribution >= 4 is 29.8 Å². The van der Waals surface area contributed by atoms with Crippen LogP contribution in [-0.2, 0) is 47.7 Å². The summed E-state index contributed by atoms with van der Waals surface area (Å²) in [5, 5.41) is 12.0. The second-order valence-corrected chi connectivity index (χ2v) is 8.47. The number of nitrogens with zero attached hydrogens (tertiary/aromatic N) is 1. The number of carbonyl (C=O) groups is 5. The van der Waals surface area contributed by atoms with Crippen molar-refractivity contribution in [2.24, 2.45) is 17.8 Å². The molecule has 0 N–H and O–H groups in total. The molecule has 0 radical (unpaired) electrons. The Hall–Kier alpha value is -3.51. The van der Waals surface area contributed by atoms with Gasteiger partial charge in [-0.3, -0.25) is 34.1 Å². The zero-order valence-electron chi connectivity index (χ0n) is 20.0. The Morgan fingerprint density at radius 2 is 1.31 bits per heavy atom. The Kier molecular flexibility index (Phi) is 9.32. The van der Waals surface area contributed by atoms with Crippen LogP contribution in [0, 0.1) is 27.9 Å². The summed E-state index contributed by atoms with van der Waals surface area (Å²) in [6, 6.07) is -1.17. The lowest BCUT2D eigenvalue weighted by Crippen LogP contribution is -2.57. The van der Waals surface area contributed by atoms with Gasteiger partial charge in [0, 0.05) is 45.5 Å². The first kappa shape index (κ1) is 27.7. The third kappa shape index (κ3) is 7.23. The van der Waals surface area contributed by atoms with Crippen molar-refractivity contribution in [2.45, 2.75) is 71.5 Å². The van der Waals surface area contributed by atoms with E-state index in [-0.39, 0.29) is 0 Å². The Balaban J connectivity index is 2.61. The van der Waals surface area contributed by atoms with Crippen LogP contribution in [0.15, 0.2) is 12.2 Å². The first-order valence-corrected chi connectivity index (χ1v) is 11.0. The molecule has 2 rings (SSSR count). The summed E-state index contributed by atoms with van der Waals surface area (Å²) in [6.45, 7) is 4.72. The number of allylic oxidation sites excluding steroid dienone is 1. The quantitative estimate of drug-likeness (QED) is 0.128. The summed E-state index contributed by atoms with van der Waals surface area (Å²) in [6.07, 6.45) is -2.29. The smallest absolute Gasteiger partial charge is 0.303 e. The van der Waals surface area contributed by atoms with Crippen LogP contribution in [0.5, 0.6) is 0 Å². The van der Waals surface area contributed by atoms with Crippen LogP contribution in [0.4, 0.5) is 0 Å². The highest BCUT2D eigenvalue weighted by Gasteiger charge is 2.60. The molecule has 0 saturated heterocycles. The van der Waals surface area contributed by atoms with Gasteiger partial charge in [0.05, 0.1) is 5.92 Å². The summed E-state index contributed by atoms with van der Waals surface area (Å²) >= 11 is 0. The van der Waals surface area contributed by atoms with Crippen LogP contribution < -0.4 is 0 Å². The first-order valence-electron chi connectivity index (χ1n) is 11.0. The molecule has 0 aromatic carbocycles. The molecule has 0 aromatic heterocycles. The fourth-order valence-corrected chi connectivity index (χ4v) is 4.79. The van der Waals surface area contributed by atoms with E-state index < -0.39 is 89.6 Å². The number of fused-ring (bicyclic) bond motifs is 2. The second-order valence-electron chi connectivity index (χ2n) is 8.47. The van der Waals surface area contributed by atoms with E-state index in [1.54, 1.807) is 12.2 Å². The summed E-state index contributed by atoms with van der Waals surface area (Å²) < 4.78 is 26.4. The van der Waals surface area contributed by atoms with Gasteiger partial charge in [-0.1, -0.05) is 12.2 Å². The van der Waals surface area contributed by atoms with E-state index in [1.807, 2.05) is 0 Å². The van der Waals surface area contributed by atoms with Gasteiger partial charge in [-0.25, -0.2) is 0 Å². The maximum atomic E-state index is 12.1. The average Bonchev–Trinajstić information content (AvgIpc) is 3.32. The van der Waals surface area contributed by atoms with E-state index in [0.717, 1.165) is 34.6 Å². The lowest BCUT2D eigenvalue weighted by atomic mass is 9.80. The normalized spacial score (nSPS) is 25.5. The van der Waals surface area contributed by atoms with Crippen molar-refractivity contribution in [1.29, 1.82) is 0 Å². The van der Waals surface area contributed by atoms with Gasteiger partial charge in [0.1, 0.15) is 6.61 Å². The minimum atomic E-state index is -1.63. The molecule has 0 aromatic rings. The highest BCUT2D eigenvalue weighted by molar-refractivity contribution is 5.69. The molecule has 2 aliphatic carbocycles. The third-order valence-corrected chi connectivity index (χ3v) is 5.79. The van der Waals surface area contributed by atoms with Gasteiger partial charge in [-0.15, -0.1) is 0 Å². The second kappa shape index (κ2) is 11.8. The van der Waals surface area contributed by atoms with Crippen molar-refractivity contribution in [3.63, 3.8) is 0 Å². The van der Waals surface area contributed by atoms with Crippen molar-refractivity contribution in [3.05, 3.63) is 22.3 Å². The molecule has 0 amide bonds. The molecular weight excluding hydrogens is 470 g/mol. The summed E-state index contributed by atoms with van der Waals surface area (Å²) in [4.78, 5) is 70.8. The maximum absolute atomic E-state index is 12.1. The van der Waals surface area contributed by atoms with Crippen molar-refractivity contribution in [3.8, 4) is 0 Å². The van der Waals surface area contributed by atoms with Crippen molar-refractivity contribution in [2.75, 3.05) is 6.61 Å². The Labute approximate surface area is 201 Å². The van der Waals surface area contributed by atoms with Crippen molar-refractivity contribution < 1.29 is 52.6 Å². The minimum Gasteiger partial charge on any atom is -0.462 e. The average molecular weight is 499 g/mol. The van der Waals surface area contributed by atoms with Gasteiger partial charge in [-0.2, -0.15) is 0 Å². The van der Waals surface area contributed by atoms with Gasteiger partial charge in [0.15, 0.2) is 24.4 Å². The predicted octanol–water partition coefficient (Wildman–Crippen LogP) is 0.744. The molecule has 0 aliphatic heterocycles. The monoisotopic (exact) mass is 499 g/mol. The molecule has 1 saturated carbocycles. The van der Waals surface area contributed by atoms with E-state index in [2.05, 4.69) is 0 Å². The number of carbonyl (C=O) groups excluding carboxylic acids is 5. The molecule has 0 unspecified atom stereocenters. The van der Waals surface area contributed by atoms with Gasteiger partial charge >= 0.3 is 29.8 Å². The summed E-state index contributed by atoms with van der Waals surface area (Å²) in [7, 11) is 0. The van der Waals surface area contributed by atoms with Crippen LogP contribution in [0.25, 0.3) is 0 Å². The van der Waals surface area contributed by atoms with Gasteiger partial charge < -0.3 is 23.7 Å². The Morgan fingerprint density at radius 3 is 1.80 bits per heavy atom. The molecule has 8 atom stereocenters. The molecule has 13 nitrogen and oxygen atoms in total. The van der Waals surface area contributed by atoms with Gasteiger partial charge in [0.25, 0.3) is 0 Å². The SMILES string of the molecule is CC(=O)OC[C@@H](OC(C)=O)[C@@H](OC(C)=O)[C@H](OC(C)=O)[C@H](OC(C)=O)[C@@H]1[C@@H]([N+](=O)[O-])[C@H]2C=C[C@@H]1C2. The Morgan fingerprint density at radius 1 is 0.800 bits per heavy atom. The number of hydrogen-bond acceptors (Lipinski definition) is 12. The van der Waals surface area contributed by atoms with Crippen LogP contribution >= 0.6 is 0 Å². The van der Waals surface area contributed by atoms with E-state index in [1.165, 1.54) is 0 Å². The molecule has 0 spiro atoms. The summed E-state index contributed by atoms with van der Waals surface area (Å²) in [5.41, 5.74) is 0. The van der Waals surface area contributed by atoms with Gasteiger partial charge in [0.2, 0.25) is 6.04 Å². The molecule has 13 heteroatoms. The standard InChI is InChI=1S/C22H29NO12/c1-10(24)31-9-17(32-11(2)25)20(33-12(3)26)22(35-14(5)28)21(34-13(4)27)18-15-6-7-16(8-15)19(18)23(29)30/h6-7,15-22H,8-9H2,1-5H3/t15-,16+,17-,18+,19+,20-,21-,22+/m1/s1. The highest BCUT2D eigenvalue weighted by atomic mass is 16.6. The number of ether oxygens (including phenoxy) is 5. The number of nitro groups is 1. The highest BCUT2D eigenvalue weighted by Crippen LogP contribution is 2.48. The third-order valence-electron chi connectivity index (χ3n) is 5.79. The zero-order chi connectivity index (χ0) is 26.4. The first-order chi connectivity index (χ1) is 16.3. The topological polar surface area (TPSA) is 175 Å². The molecule has 0 heterocycles. The predicted molar refractivity (Wildman–Crippen MR) is 114 cm³/mol. The summed E-state index contributed by atoms with van der Waals surface area (Å²) in [5.74, 6) is -5.94. The van der Waals surface area contributed by atoms with E-state index in [4.69, 9.17) is 23.7 Å². The van der Waals surface area contributed by atoms with Crippen LogP contribution in [0.2, 0.25) is 0 Å². The van der Waals surface area contributed by atoms with E-state index in [9.17, 15) is 34.1 Å². The number of rotatable bonds is 11. The fraction of sp³-hybridized carbons (Fsp3) is 0.682. The van der Waals surface area contributed by atoms with Crippen LogP contribution in [0.3, 0.4) is 0 Å². The van der Waals surface area contributed by atoms with Gasteiger partial charge in [-0.05, 0) is 12.3 Å². The number of hydrogen-bond donors (Lipinski definition) is 0.